The number of carbonyl (C=O) groups is 1. The van der Waals surface area contributed by atoms with Crippen LogP contribution in [0.5, 0.6) is 5.75 Å². The number of rotatable bonds is 6. The van der Waals surface area contributed by atoms with Crippen LogP contribution in [0.4, 0.5) is 0 Å². The average molecular weight is 309 g/mol. The maximum atomic E-state index is 11.8. The Kier molecular flexibility index (Phi) is 5.72. The molecule has 1 amide bonds. The Morgan fingerprint density at radius 3 is 2.87 bits per heavy atom. The Hall–Kier alpha value is -3.33. The first kappa shape index (κ1) is 16.0. The molecule has 0 atom stereocenters. The van der Waals surface area contributed by atoms with Crippen LogP contribution in [0, 0.1) is 12.3 Å². The standard InChI is InChI=1S/C17H15N3O3/c1-2-11-23-15-8-4-3-7-14(15)12-18-19-16(21)13-20-10-6-5-9-17(20)22/h1,3-10,12H,11,13H2,(H,19,21)/b18-12-. The summed E-state index contributed by atoms with van der Waals surface area (Å²) in [6.45, 7) is 0.0421. The normalized spacial score (nSPS) is 10.2. The quantitative estimate of drug-likeness (QED) is 0.492. The van der Waals surface area contributed by atoms with E-state index in [1.54, 1.807) is 24.3 Å². The lowest BCUT2D eigenvalue weighted by atomic mass is 10.2. The van der Waals surface area contributed by atoms with Crippen molar-refractivity contribution in [2.45, 2.75) is 6.54 Å². The van der Waals surface area contributed by atoms with Gasteiger partial charge in [-0.15, -0.1) is 6.42 Å². The summed E-state index contributed by atoms with van der Waals surface area (Å²) in [7, 11) is 0. The van der Waals surface area contributed by atoms with Gasteiger partial charge in [0, 0.05) is 17.8 Å². The summed E-state index contributed by atoms with van der Waals surface area (Å²) in [5.74, 6) is 2.55. The summed E-state index contributed by atoms with van der Waals surface area (Å²) < 4.78 is 6.66. The largest absolute Gasteiger partial charge is 0.480 e. The van der Waals surface area contributed by atoms with Crippen LogP contribution in [0.15, 0.2) is 58.6 Å². The highest BCUT2D eigenvalue weighted by Crippen LogP contribution is 2.15. The number of hydrogen-bond acceptors (Lipinski definition) is 4. The van der Waals surface area contributed by atoms with Crippen molar-refractivity contribution in [2.24, 2.45) is 5.10 Å². The number of benzene rings is 1. The van der Waals surface area contributed by atoms with Gasteiger partial charge >= 0.3 is 0 Å². The van der Waals surface area contributed by atoms with E-state index < -0.39 is 5.91 Å². The van der Waals surface area contributed by atoms with Crippen molar-refractivity contribution in [3.8, 4) is 18.1 Å². The Balaban J connectivity index is 1.97. The molecule has 0 fully saturated rings. The molecule has 0 aliphatic heterocycles. The van der Waals surface area contributed by atoms with Gasteiger partial charge in [-0.1, -0.05) is 24.1 Å². The van der Waals surface area contributed by atoms with Crippen LogP contribution < -0.4 is 15.7 Å². The number of terminal acetylenes is 1. The zero-order chi connectivity index (χ0) is 16.5. The van der Waals surface area contributed by atoms with Gasteiger partial charge in [0.25, 0.3) is 11.5 Å². The third-order valence-corrected chi connectivity index (χ3v) is 2.84. The van der Waals surface area contributed by atoms with Gasteiger partial charge in [0.2, 0.25) is 0 Å². The molecule has 0 radical (unpaired) electrons. The number of amides is 1. The molecule has 1 aromatic heterocycles. The van der Waals surface area contributed by atoms with E-state index in [4.69, 9.17) is 11.2 Å². The van der Waals surface area contributed by atoms with Gasteiger partial charge in [-0.05, 0) is 18.2 Å². The van der Waals surface area contributed by atoms with E-state index in [0.717, 1.165) is 0 Å². The molecule has 6 heteroatoms. The molecule has 1 heterocycles. The molecule has 0 unspecified atom stereocenters. The summed E-state index contributed by atoms with van der Waals surface area (Å²) >= 11 is 0. The van der Waals surface area contributed by atoms with Crippen molar-refractivity contribution >= 4 is 12.1 Å². The maximum absolute atomic E-state index is 11.8. The van der Waals surface area contributed by atoms with Crippen LogP contribution >= 0.6 is 0 Å². The van der Waals surface area contributed by atoms with E-state index in [0.29, 0.717) is 11.3 Å². The minimum atomic E-state index is -0.406. The first-order valence-electron chi connectivity index (χ1n) is 6.83. The molecule has 1 N–H and O–H groups in total. The van der Waals surface area contributed by atoms with Crippen molar-refractivity contribution in [3.63, 3.8) is 0 Å². The van der Waals surface area contributed by atoms with E-state index in [1.165, 1.54) is 23.0 Å². The van der Waals surface area contributed by atoms with Crippen LogP contribution in [0.2, 0.25) is 0 Å². The predicted octanol–water partition coefficient (Wildman–Crippen LogP) is 1.01. The Bertz CT molecular complexity index is 803. The molecule has 0 aliphatic rings. The minimum absolute atomic E-state index is 0.105. The van der Waals surface area contributed by atoms with Crippen LogP contribution in [0.3, 0.4) is 0 Å². The van der Waals surface area contributed by atoms with Crippen molar-refractivity contribution in [2.75, 3.05) is 6.61 Å². The van der Waals surface area contributed by atoms with Crippen molar-refractivity contribution < 1.29 is 9.53 Å². The van der Waals surface area contributed by atoms with Crippen molar-refractivity contribution in [3.05, 3.63) is 64.6 Å². The zero-order valence-corrected chi connectivity index (χ0v) is 12.3. The molecule has 23 heavy (non-hydrogen) atoms. The fourth-order valence-electron chi connectivity index (χ4n) is 1.79. The zero-order valence-electron chi connectivity index (χ0n) is 12.3. The lowest BCUT2D eigenvalue weighted by molar-refractivity contribution is -0.121. The molecule has 2 rings (SSSR count). The van der Waals surface area contributed by atoms with E-state index in [9.17, 15) is 9.59 Å². The van der Waals surface area contributed by atoms with E-state index in [-0.39, 0.29) is 18.7 Å². The summed E-state index contributed by atoms with van der Waals surface area (Å²) in [4.78, 5) is 23.3. The minimum Gasteiger partial charge on any atom is -0.480 e. The molecule has 6 nitrogen and oxygen atoms in total. The number of para-hydroxylation sites is 1. The van der Waals surface area contributed by atoms with Crippen LogP contribution in [0.25, 0.3) is 0 Å². The third kappa shape index (κ3) is 4.86. The van der Waals surface area contributed by atoms with Gasteiger partial charge in [-0.2, -0.15) is 5.10 Å². The highest BCUT2D eigenvalue weighted by molar-refractivity contribution is 5.85. The van der Waals surface area contributed by atoms with Gasteiger partial charge in [-0.3, -0.25) is 9.59 Å². The van der Waals surface area contributed by atoms with Crippen LogP contribution in [-0.4, -0.2) is 23.3 Å². The lowest BCUT2D eigenvalue weighted by Gasteiger charge is -2.06. The Morgan fingerprint density at radius 1 is 1.30 bits per heavy atom. The SMILES string of the molecule is C#CCOc1ccccc1/C=N\NC(=O)Cn1ccccc1=O. The van der Waals surface area contributed by atoms with Crippen LogP contribution in [-0.2, 0) is 11.3 Å². The first-order valence-corrected chi connectivity index (χ1v) is 6.83. The Morgan fingerprint density at radius 2 is 2.09 bits per heavy atom. The molecule has 0 bridgehead atoms. The third-order valence-electron chi connectivity index (χ3n) is 2.84. The number of hydrazone groups is 1. The molecule has 116 valence electrons. The summed E-state index contributed by atoms with van der Waals surface area (Å²) in [6, 6.07) is 11.8. The highest BCUT2D eigenvalue weighted by atomic mass is 16.5. The second-order valence-corrected chi connectivity index (χ2v) is 4.49. The molecular weight excluding hydrogens is 294 g/mol. The van der Waals surface area contributed by atoms with Gasteiger partial charge in [0.05, 0.1) is 6.21 Å². The van der Waals surface area contributed by atoms with E-state index in [1.807, 2.05) is 12.1 Å². The monoisotopic (exact) mass is 309 g/mol. The molecule has 0 saturated carbocycles. The summed E-state index contributed by atoms with van der Waals surface area (Å²) in [5, 5.41) is 3.86. The molecular formula is C17H15N3O3. The highest BCUT2D eigenvalue weighted by Gasteiger charge is 2.03. The number of ether oxygens (including phenoxy) is 1. The predicted molar refractivity (Wildman–Crippen MR) is 87.2 cm³/mol. The maximum Gasteiger partial charge on any atom is 0.260 e. The number of nitrogens with zero attached hydrogens (tertiary/aromatic N) is 2. The number of carbonyl (C=O) groups excluding carboxylic acids is 1. The van der Waals surface area contributed by atoms with E-state index >= 15 is 0 Å². The molecule has 0 spiro atoms. The number of hydrogen-bond donors (Lipinski definition) is 1. The van der Waals surface area contributed by atoms with E-state index in [2.05, 4.69) is 16.4 Å². The van der Waals surface area contributed by atoms with Gasteiger partial charge in [0.15, 0.2) is 0 Å². The smallest absolute Gasteiger partial charge is 0.260 e. The fourth-order valence-corrected chi connectivity index (χ4v) is 1.79. The van der Waals surface area contributed by atoms with Crippen molar-refractivity contribution in [1.29, 1.82) is 0 Å². The second kappa shape index (κ2) is 8.20. The number of pyridine rings is 1. The first-order chi connectivity index (χ1) is 11.2. The van der Waals surface area contributed by atoms with Crippen LogP contribution in [0.1, 0.15) is 5.56 Å². The van der Waals surface area contributed by atoms with Gasteiger partial charge in [0.1, 0.15) is 18.9 Å². The van der Waals surface area contributed by atoms with Gasteiger partial charge < -0.3 is 9.30 Å². The molecule has 0 saturated heterocycles. The topological polar surface area (TPSA) is 72.7 Å². The summed E-state index contributed by atoms with van der Waals surface area (Å²) in [6.07, 6.45) is 8.15. The average Bonchev–Trinajstić information content (AvgIpc) is 2.56. The number of aromatic nitrogens is 1. The fraction of sp³-hybridized carbons (Fsp3) is 0.118. The lowest BCUT2D eigenvalue weighted by Crippen LogP contribution is -2.29. The van der Waals surface area contributed by atoms with Gasteiger partial charge in [-0.25, -0.2) is 5.43 Å². The second-order valence-electron chi connectivity index (χ2n) is 4.49. The summed E-state index contributed by atoms with van der Waals surface area (Å²) in [5.41, 5.74) is 2.80. The molecule has 2 aromatic rings. The molecule has 1 aromatic carbocycles. The molecule has 0 aliphatic carbocycles. The number of nitrogens with one attached hydrogen (secondary N) is 1. The Labute approximate surface area is 133 Å². The van der Waals surface area contributed by atoms with Crippen molar-refractivity contribution in [1.82, 2.24) is 9.99 Å².